The number of allylic oxidation sites excluding steroid dienone is 2. The smallest absolute Gasteiger partial charge is 0.126 e. The van der Waals surface area contributed by atoms with Gasteiger partial charge in [-0.1, -0.05) is 17.3 Å². The molecule has 0 aromatic rings. The SMILES string of the molecule is C[C@H]1CCC/C=C/[C@@H]2C[C@H](N=O)C[C@H]2[C@H](O)C=C[NH+]([O-])O1. The van der Waals surface area contributed by atoms with E-state index >= 15 is 0 Å². The third kappa shape index (κ3) is 4.71. The minimum atomic E-state index is -0.755. The monoisotopic (exact) mass is 296 g/mol. The van der Waals surface area contributed by atoms with E-state index in [0.717, 1.165) is 19.3 Å². The molecule has 1 saturated carbocycles. The maximum absolute atomic E-state index is 11.6. The van der Waals surface area contributed by atoms with Gasteiger partial charge in [0.15, 0.2) is 0 Å². The van der Waals surface area contributed by atoms with E-state index in [2.05, 4.69) is 17.3 Å². The van der Waals surface area contributed by atoms with Gasteiger partial charge in [-0.15, -0.1) is 0 Å². The third-order valence-electron chi connectivity index (χ3n) is 4.34. The molecular formula is C15H24N2O4. The summed E-state index contributed by atoms with van der Waals surface area (Å²) in [6, 6.07) is -0.243. The lowest BCUT2D eigenvalue weighted by molar-refractivity contribution is -1.02. The minimum Gasteiger partial charge on any atom is -0.595 e. The normalized spacial score (nSPS) is 43.2. The summed E-state index contributed by atoms with van der Waals surface area (Å²) in [4.78, 5) is 16.0. The number of nitroso groups, excluding NO2 is 1. The average Bonchev–Trinajstić information content (AvgIpc) is 2.87. The van der Waals surface area contributed by atoms with E-state index in [-0.39, 0.29) is 24.0 Å². The molecule has 118 valence electrons. The Morgan fingerprint density at radius 3 is 2.95 bits per heavy atom. The molecule has 1 heterocycles. The number of aliphatic hydroxyl groups excluding tert-OH is 1. The first kappa shape index (κ1) is 16.3. The summed E-state index contributed by atoms with van der Waals surface area (Å²) >= 11 is 0. The number of quaternary nitrogens is 1. The summed E-state index contributed by atoms with van der Waals surface area (Å²) in [6.07, 6.45) is 10.0. The molecule has 1 fully saturated rings. The van der Waals surface area contributed by atoms with Crippen LogP contribution in [0.5, 0.6) is 0 Å². The van der Waals surface area contributed by atoms with Crippen molar-refractivity contribution in [2.75, 3.05) is 0 Å². The summed E-state index contributed by atoms with van der Waals surface area (Å²) in [6.45, 7) is 1.88. The van der Waals surface area contributed by atoms with Crippen LogP contribution in [0.15, 0.2) is 29.6 Å². The second kappa shape index (κ2) is 7.79. The molecule has 6 nitrogen and oxygen atoms in total. The van der Waals surface area contributed by atoms with Crippen molar-refractivity contribution in [3.8, 4) is 0 Å². The number of hydrogen-bond acceptors (Lipinski definition) is 5. The molecule has 1 aliphatic heterocycles. The fourth-order valence-corrected chi connectivity index (χ4v) is 3.18. The summed E-state index contributed by atoms with van der Waals surface area (Å²) in [5.41, 5.74) is 0. The minimum absolute atomic E-state index is 0.0637. The average molecular weight is 296 g/mol. The highest BCUT2D eigenvalue weighted by molar-refractivity contribution is 5.04. The fourth-order valence-electron chi connectivity index (χ4n) is 3.18. The second-order valence-electron chi connectivity index (χ2n) is 6.01. The molecule has 1 aliphatic carbocycles. The molecule has 0 saturated heterocycles. The summed E-state index contributed by atoms with van der Waals surface area (Å²) < 4.78 is 0. The molecule has 0 radical (unpaired) electrons. The van der Waals surface area contributed by atoms with E-state index in [4.69, 9.17) is 4.84 Å². The highest BCUT2D eigenvalue weighted by Gasteiger charge is 2.37. The number of hydrogen-bond donors (Lipinski definition) is 2. The zero-order valence-corrected chi connectivity index (χ0v) is 12.4. The molecule has 2 rings (SSSR count). The van der Waals surface area contributed by atoms with E-state index in [1.165, 1.54) is 12.3 Å². The zero-order chi connectivity index (χ0) is 15.2. The predicted molar refractivity (Wildman–Crippen MR) is 78.8 cm³/mol. The van der Waals surface area contributed by atoms with Crippen molar-refractivity contribution in [3.05, 3.63) is 34.5 Å². The molecule has 2 N–H and O–H groups in total. The van der Waals surface area contributed by atoms with E-state index in [1.54, 1.807) is 0 Å². The van der Waals surface area contributed by atoms with Crippen molar-refractivity contribution < 1.29 is 15.2 Å². The Labute approximate surface area is 125 Å². The molecule has 6 atom stereocenters. The van der Waals surface area contributed by atoms with Gasteiger partial charge in [0, 0.05) is 6.08 Å². The van der Waals surface area contributed by atoms with Gasteiger partial charge in [0.05, 0.1) is 12.1 Å². The van der Waals surface area contributed by atoms with E-state index in [1.807, 2.05) is 6.92 Å². The summed E-state index contributed by atoms with van der Waals surface area (Å²) in [7, 11) is 0. The van der Waals surface area contributed by atoms with Crippen LogP contribution in [0.4, 0.5) is 0 Å². The van der Waals surface area contributed by atoms with Crippen LogP contribution < -0.4 is 5.23 Å². The van der Waals surface area contributed by atoms with Gasteiger partial charge in [-0.3, -0.25) is 0 Å². The third-order valence-corrected chi connectivity index (χ3v) is 4.34. The van der Waals surface area contributed by atoms with Crippen molar-refractivity contribution in [2.24, 2.45) is 17.0 Å². The molecule has 6 heteroatoms. The molecule has 0 bridgehead atoms. The topological polar surface area (TPSA) is 86.4 Å². The fraction of sp³-hybridized carbons (Fsp3) is 0.733. The highest BCUT2D eigenvalue weighted by Crippen LogP contribution is 2.37. The van der Waals surface area contributed by atoms with Crippen LogP contribution in [0.25, 0.3) is 0 Å². The summed E-state index contributed by atoms with van der Waals surface area (Å²) in [5.74, 6) is 0.0766. The number of nitrogens with zero attached hydrogens (tertiary/aromatic N) is 1. The van der Waals surface area contributed by atoms with Crippen molar-refractivity contribution in [3.63, 3.8) is 0 Å². The van der Waals surface area contributed by atoms with Gasteiger partial charge >= 0.3 is 0 Å². The Morgan fingerprint density at radius 1 is 1.38 bits per heavy atom. The first-order chi connectivity index (χ1) is 10.1. The Bertz CT molecular complexity index is 399. The van der Waals surface area contributed by atoms with Gasteiger partial charge in [-0.05, 0) is 50.9 Å². The molecular weight excluding hydrogens is 272 g/mol. The van der Waals surface area contributed by atoms with Gasteiger partial charge in [0.2, 0.25) is 0 Å². The van der Waals surface area contributed by atoms with Crippen molar-refractivity contribution in [1.82, 2.24) is 0 Å². The first-order valence-electron chi connectivity index (χ1n) is 7.66. The Hall–Kier alpha value is -1.08. The number of rotatable bonds is 1. The van der Waals surface area contributed by atoms with Crippen LogP contribution >= 0.6 is 0 Å². The number of nitrogens with one attached hydrogen (secondary N) is 1. The van der Waals surface area contributed by atoms with E-state index in [9.17, 15) is 15.2 Å². The van der Waals surface area contributed by atoms with Crippen LogP contribution in [0.1, 0.15) is 39.0 Å². The Morgan fingerprint density at radius 2 is 2.19 bits per heavy atom. The van der Waals surface area contributed by atoms with E-state index in [0.29, 0.717) is 12.8 Å². The molecule has 0 amide bonds. The molecule has 1 unspecified atom stereocenters. The molecule has 0 spiro atoms. The van der Waals surface area contributed by atoms with Crippen LogP contribution in [0, 0.1) is 22.0 Å². The number of fused-ring (bicyclic) bond motifs is 1. The summed E-state index contributed by atoms with van der Waals surface area (Å²) in [5, 5.41) is 24.6. The van der Waals surface area contributed by atoms with Crippen LogP contribution in [-0.2, 0) is 4.84 Å². The largest absolute Gasteiger partial charge is 0.595 e. The van der Waals surface area contributed by atoms with Crippen molar-refractivity contribution in [1.29, 1.82) is 0 Å². The maximum Gasteiger partial charge on any atom is 0.126 e. The van der Waals surface area contributed by atoms with Gasteiger partial charge < -0.3 is 10.3 Å². The predicted octanol–water partition coefficient (Wildman–Crippen LogP) is 1.47. The van der Waals surface area contributed by atoms with Crippen molar-refractivity contribution in [2.45, 2.75) is 57.3 Å². The van der Waals surface area contributed by atoms with Gasteiger partial charge in [0.1, 0.15) is 12.3 Å². The second-order valence-corrected chi connectivity index (χ2v) is 6.01. The van der Waals surface area contributed by atoms with Gasteiger partial charge in [-0.2, -0.15) is 15.0 Å². The quantitative estimate of drug-likeness (QED) is 0.436. The van der Waals surface area contributed by atoms with E-state index < -0.39 is 11.3 Å². The standard InChI is InChI=1S/C15H24N2O4/c1-11-5-3-2-4-6-12-9-13(16-19)10-14(12)15(18)7-8-17(20)21-11/h4,6-8,11-15,17-18H,2-3,5,9-10H2,1H3/b6-4+,8-7?/t11-,12+,13-,14+,15+/m0/s1. The lowest BCUT2D eigenvalue weighted by Crippen LogP contribution is -3.02. The number of hydroxylamine groups is 2. The molecule has 0 aromatic carbocycles. The molecule has 0 aromatic heterocycles. The number of aliphatic hydroxyl groups is 1. The highest BCUT2D eigenvalue weighted by atomic mass is 16.9. The lowest BCUT2D eigenvalue weighted by atomic mass is 9.90. The molecule has 2 aliphatic rings. The van der Waals surface area contributed by atoms with Crippen LogP contribution in [-0.4, -0.2) is 23.4 Å². The lowest BCUT2D eigenvalue weighted by Gasteiger charge is -2.22. The van der Waals surface area contributed by atoms with Crippen LogP contribution in [0.3, 0.4) is 0 Å². The first-order valence-corrected chi connectivity index (χ1v) is 7.66. The van der Waals surface area contributed by atoms with Crippen LogP contribution in [0.2, 0.25) is 0 Å². The zero-order valence-electron chi connectivity index (χ0n) is 12.4. The van der Waals surface area contributed by atoms with Gasteiger partial charge in [0.25, 0.3) is 0 Å². The van der Waals surface area contributed by atoms with Gasteiger partial charge in [-0.25, -0.2) is 0 Å². The van der Waals surface area contributed by atoms with Crippen molar-refractivity contribution >= 4 is 0 Å². The molecule has 21 heavy (non-hydrogen) atoms. The Balaban J connectivity index is 2.11. The maximum atomic E-state index is 11.6. The Kier molecular flexibility index (Phi) is 6.05.